The van der Waals surface area contributed by atoms with Crippen LogP contribution in [-0.4, -0.2) is 10.7 Å². The van der Waals surface area contributed by atoms with Crippen LogP contribution in [0.15, 0.2) is 18.2 Å². The van der Waals surface area contributed by atoms with Crippen LogP contribution >= 0.6 is 23.2 Å². The van der Waals surface area contributed by atoms with E-state index in [4.69, 9.17) is 23.2 Å². The van der Waals surface area contributed by atoms with Crippen LogP contribution in [0.25, 0.3) is 0 Å². The van der Waals surface area contributed by atoms with Crippen LogP contribution in [0.2, 0.25) is 10.0 Å². The molecule has 0 aromatic heterocycles. The highest BCUT2D eigenvalue weighted by Crippen LogP contribution is 2.36. The van der Waals surface area contributed by atoms with Gasteiger partial charge in [0.05, 0.1) is 15.6 Å². The van der Waals surface area contributed by atoms with E-state index in [2.05, 4.69) is 6.92 Å². The van der Waals surface area contributed by atoms with Crippen molar-refractivity contribution in [3.8, 4) is 0 Å². The Morgan fingerprint density at radius 1 is 1.26 bits per heavy atom. The first-order chi connectivity index (χ1) is 9.04. The molecule has 1 nitrogen and oxygen atoms in total. The summed E-state index contributed by atoms with van der Waals surface area (Å²) in [4.78, 5) is 0. The average Bonchev–Trinajstić information content (AvgIpc) is 2.57. The van der Waals surface area contributed by atoms with E-state index in [1.165, 1.54) is 12.8 Å². The molecule has 1 aliphatic rings. The van der Waals surface area contributed by atoms with E-state index < -0.39 is 5.60 Å². The predicted molar refractivity (Wildman–Crippen MR) is 82.0 cm³/mol. The molecule has 0 amide bonds. The van der Waals surface area contributed by atoms with E-state index in [-0.39, 0.29) is 0 Å². The normalized spacial score (nSPS) is 28.1. The molecule has 0 aliphatic heterocycles. The van der Waals surface area contributed by atoms with Gasteiger partial charge in [-0.25, -0.2) is 0 Å². The second kappa shape index (κ2) is 6.47. The second-order valence-corrected chi connectivity index (χ2v) is 6.60. The van der Waals surface area contributed by atoms with E-state index in [1.807, 2.05) is 12.1 Å². The van der Waals surface area contributed by atoms with Crippen LogP contribution in [0.1, 0.15) is 51.0 Å². The molecule has 106 valence electrons. The number of aliphatic hydroxyl groups is 1. The minimum atomic E-state index is -0.613. The van der Waals surface area contributed by atoms with Crippen molar-refractivity contribution in [1.82, 2.24) is 0 Å². The molecule has 1 N–H and O–H groups in total. The summed E-state index contributed by atoms with van der Waals surface area (Å²) in [5, 5.41) is 12.0. The summed E-state index contributed by atoms with van der Waals surface area (Å²) >= 11 is 12.3. The molecule has 1 saturated carbocycles. The highest BCUT2D eigenvalue weighted by atomic mass is 35.5. The van der Waals surface area contributed by atoms with Crippen molar-refractivity contribution in [2.75, 3.05) is 0 Å². The lowest BCUT2D eigenvalue weighted by molar-refractivity contribution is 0.0242. The van der Waals surface area contributed by atoms with Gasteiger partial charge < -0.3 is 5.11 Å². The summed E-state index contributed by atoms with van der Waals surface area (Å²) in [5.41, 5.74) is 0.352. The van der Waals surface area contributed by atoms with Crippen molar-refractivity contribution < 1.29 is 5.11 Å². The van der Waals surface area contributed by atoms with E-state index in [0.29, 0.717) is 16.5 Å². The van der Waals surface area contributed by atoms with Gasteiger partial charge in [-0.2, -0.15) is 0 Å². The van der Waals surface area contributed by atoms with Gasteiger partial charge in [-0.15, -0.1) is 0 Å². The van der Waals surface area contributed by atoms with Crippen molar-refractivity contribution in [2.45, 2.75) is 57.5 Å². The van der Waals surface area contributed by atoms with Gasteiger partial charge in [0.2, 0.25) is 0 Å². The maximum Gasteiger partial charge on any atom is 0.0688 e. The Kier molecular flexibility index (Phi) is 5.16. The lowest BCUT2D eigenvalue weighted by atomic mass is 9.87. The Morgan fingerprint density at radius 3 is 2.79 bits per heavy atom. The number of benzene rings is 1. The van der Waals surface area contributed by atoms with Gasteiger partial charge in [0, 0.05) is 6.42 Å². The Balaban J connectivity index is 2.10. The van der Waals surface area contributed by atoms with E-state index in [0.717, 1.165) is 37.2 Å². The predicted octanol–water partition coefficient (Wildman–Crippen LogP) is 5.26. The number of halogens is 2. The zero-order chi connectivity index (χ0) is 13.9. The molecule has 0 radical (unpaired) electrons. The zero-order valence-electron chi connectivity index (χ0n) is 11.5. The van der Waals surface area contributed by atoms with Crippen molar-refractivity contribution in [3.05, 3.63) is 33.8 Å². The minimum Gasteiger partial charge on any atom is -0.390 e. The first-order valence-corrected chi connectivity index (χ1v) is 7.95. The van der Waals surface area contributed by atoms with Gasteiger partial charge >= 0.3 is 0 Å². The summed E-state index contributed by atoms with van der Waals surface area (Å²) < 4.78 is 0. The maximum atomic E-state index is 10.8. The maximum absolute atomic E-state index is 10.8. The minimum absolute atomic E-state index is 0.572. The van der Waals surface area contributed by atoms with Gasteiger partial charge in [-0.3, -0.25) is 0 Å². The third-order valence-electron chi connectivity index (χ3n) is 4.40. The smallest absolute Gasteiger partial charge is 0.0688 e. The third-order valence-corrected chi connectivity index (χ3v) is 5.26. The van der Waals surface area contributed by atoms with Crippen LogP contribution in [0.4, 0.5) is 0 Å². The van der Waals surface area contributed by atoms with Gasteiger partial charge in [0.25, 0.3) is 0 Å². The largest absolute Gasteiger partial charge is 0.390 e. The van der Waals surface area contributed by atoms with Gasteiger partial charge in [0.15, 0.2) is 0 Å². The fourth-order valence-corrected chi connectivity index (χ4v) is 3.47. The lowest BCUT2D eigenvalue weighted by Crippen LogP contribution is -2.30. The van der Waals surface area contributed by atoms with Crippen LogP contribution < -0.4 is 0 Å². The average molecular weight is 301 g/mol. The molecule has 0 saturated heterocycles. The van der Waals surface area contributed by atoms with Crippen LogP contribution in [0.5, 0.6) is 0 Å². The standard InChI is InChI=1S/C16H22Cl2O/c1-2-12-5-4-9-16(19,10-8-12)11-13-6-3-7-14(17)15(13)18/h3,6-7,12,19H,2,4-5,8-11H2,1H3. The monoisotopic (exact) mass is 300 g/mol. The van der Waals surface area contributed by atoms with E-state index in [1.54, 1.807) is 6.07 Å². The number of rotatable bonds is 3. The van der Waals surface area contributed by atoms with Crippen molar-refractivity contribution in [3.63, 3.8) is 0 Å². The first-order valence-electron chi connectivity index (χ1n) is 7.19. The van der Waals surface area contributed by atoms with Crippen molar-refractivity contribution in [2.24, 2.45) is 5.92 Å². The van der Waals surface area contributed by atoms with E-state index >= 15 is 0 Å². The highest BCUT2D eigenvalue weighted by Gasteiger charge is 2.31. The molecule has 1 aromatic rings. The number of hydrogen-bond acceptors (Lipinski definition) is 1. The van der Waals surface area contributed by atoms with Crippen LogP contribution in [-0.2, 0) is 6.42 Å². The van der Waals surface area contributed by atoms with Gasteiger partial charge in [-0.05, 0) is 36.8 Å². The Bertz CT molecular complexity index is 433. The molecule has 3 heteroatoms. The molecular weight excluding hydrogens is 279 g/mol. The van der Waals surface area contributed by atoms with Crippen molar-refractivity contribution >= 4 is 23.2 Å². The fraction of sp³-hybridized carbons (Fsp3) is 0.625. The second-order valence-electron chi connectivity index (χ2n) is 5.82. The molecule has 2 unspecified atom stereocenters. The highest BCUT2D eigenvalue weighted by molar-refractivity contribution is 6.42. The Morgan fingerprint density at radius 2 is 2.05 bits per heavy atom. The van der Waals surface area contributed by atoms with Crippen LogP contribution in [0, 0.1) is 5.92 Å². The summed E-state index contributed by atoms with van der Waals surface area (Å²) in [5.74, 6) is 0.767. The molecule has 1 aromatic carbocycles. The number of hydrogen-bond donors (Lipinski definition) is 1. The molecule has 0 heterocycles. The summed E-state index contributed by atoms with van der Waals surface area (Å²) in [7, 11) is 0. The molecule has 0 spiro atoms. The van der Waals surface area contributed by atoms with Crippen molar-refractivity contribution in [1.29, 1.82) is 0 Å². The van der Waals surface area contributed by atoms with Crippen LogP contribution in [0.3, 0.4) is 0 Å². The molecule has 1 fully saturated rings. The van der Waals surface area contributed by atoms with Gasteiger partial charge in [-0.1, -0.05) is 61.5 Å². The third kappa shape index (κ3) is 3.87. The fourth-order valence-electron chi connectivity index (χ4n) is 3.09. The molecule has 0 bridgehead atoms. The Hall–Kier alpha value is -0.240. The lowest BCUT2D eigenvalue weighted by Gasteiger charge is -2.27. The first kappa shape index (κ1) is 15.2. The molecular formula is C16H22Cl2O. The molecule has 1 aliphatic carbocycles. The summed E-state index contributed by atoms with van der Waals surface area (Å²) in [6, 6.07) is 5.66. The molecule has 19 heavy (non-hydrogen) atoms. The van der Waals surface area contributed by atoms with Gasteiger partial charge in [0.1, 0.15) is 0 Å². The summed E-state index contributed by atoms with van der Waals surface area (Å²) in [6.07, 6.45) is 7.03. The van der Waals surface area contributed by atoms with E-state index in [9.17, 15) is 5.11 Å². The molecule has 2 rings (SSSR count). The Labute approximate surface area is 125 Å². The molecule has 2 atom stereocenters. The quantitative estimate of drug-likeness (QED) is 0.755. The zero-order valence-corrected chi connectivity index (χ0v) is 13.0. The topological polar surface area (TPSA) is 20.2 Å². The SMILES string of the molecule is CCC1CCCC(O)(Cc2cccc(Cl)c2Cl)CC1. The summed E-state index contributed by atoms with van der Waals surface area (Å²) in [6.45, 7) is 2.24.